The molecule has 2 aromatic carbocycles. The van der Waals surface area contributed by atoms with Crippen molar-refractivity contribution in [3.63, 3.8) is 0 Å². The van der Waals surface area contributed by atoms with E-state index in [0.717, 1.165) is 37.2 Å². The molecule has 1 aliphatic heterocycles. The zero-order chi connectivity index (χ0) is 19.6. The molecular formula is C23H28N2O3. The van der Waals surface area contributed by atoms with Crippen molar-refractivity contribution < 1.29 is 14.3 Å². The van der Waals surface area contributed by atoms with Crippen LogP contribution < -0.4 is 15.4 Å². The number of methoxy groups -OCH3 is 2. The molecule has 0 unspecified atom stereocenters. The van der Waals surface area contributed by atoms with Crippen LogP contribution in [0.1, 0.15) is 35.6 Å². The van der Waals surface area contributed by atoms with E-state index in [4.69, 9.17) is 9.47 Å². The van der Waals surface area contributed by atoms with Crippen LogP contribution in [0.25, 0.3) is 0 Å². The van der Waals surface area contributed by atoms with Crippen molar-refractivity contribution in [1.82, 2.24) is 10.6 Å². The summed E-state index contributed by atoms with van der Waals surface area (Å²) in [6.07, 6.45) is 2.33. The van der Waals surface area contributed by atoms with E-state index in [-0.39, 0.29) is 23.5 Å². The number of hydrogen-bond acceptors (Lipinski definition) is 4. The summed E-state index contributed by atoms with van der Waals surface area (Å²) >= 11 is 0. The second-order valence-corrected chi connectivity index (χ2v) is 7.72. The predicted octanol–water partition coefficient (Wildman–Crippen LogP) is 2.75. The average molecular weight is 380 g/mol. The Balaban J connectivity index is 1.56. The molecule has 1 fully saturated rings. The van der Waals surface area contributed by atoms with E-state index in [9.17, 15) is 4.79 Å². The number of ether oxygens (including phenoxy) is 2. The van der Waals surface area contributed by atoms with Crippen molar-refractivity contribution in [2.45, 2.75) is 36.8 Å². The summed E-state index contributed by atoms with van der Waals surface area (Å²) in [5.74, 6) is 0.805. The summed E-state index contributed by atoms with van der Waals surface area (Å²) in [6.45, 7) is 1.95. The molecule has 1 spiro atoms. The fraction of sp³-hybridized carbons (Fsp3) is 0.435. The van der Waals surface area contributed by atoms with Gasteiger partial charge in [0.25, 0.3) is 0 Å². The minimum atomic E-state index is -0.120. The van der Waals surface area contributed by atoms with Crippen LogP contribution in [0.4, 0.5) is 0 Å². The summed E-state index contributed by atoms with van der Waals surface area (Å²) < 4.78 is 11.2. The summed E-state index contributed by atoms with van der Waals surface area (Å²) in [5.41, 5.74) is 3.46. The van der Waals surface area contributed by atoms with Crippen LogP contribution in [0.2, 0.25) is 0 Å². The number of fused-ring (bicyclic) bond motifs is 2. The van der Waals surface area contributed by atoms with Gasteiger partial charge in [-0.05, 0) is 54.8 Å². The Labute approximate surface area is 166 Å². The van der Waals surface area contributed by atoms with Gasteiger partial charge in [-0.25, -0.2) is 0 Å². The number of piperidine rings is 1. The number of benzene rings is 2. The molecule has 2 aromatic rings. The van der Waals surface area contributed by atoms with Gasteiger partial charge in [-0.15, -0.1) is 0 Å². The molecule has 0 bridgehead atoms. The lowest BCUT2D eigenvalue weighted by Gasteiger charge is -2.40. The van der Waals surface area contributed by atoms with Crippen LogP contribution in [0, 0.1) is 0 Å². The SMILES string of the molecule is COc1ccc(CC(=O)N[C@@H]2c3ccccc3C3(CCNCC3)[C@H]2OC)cc1. The van der Waals surface area contributed by atoms with Crippen molar-refractivity contribution >= 4 is 5.91 Å². The third-order valence-corrected chi connectivity index (χ3v) is 6.27. The highest BCUT2D eigenvalue weighted by Crippen LogP contribution is 2.51. The first-order valence-corrected chi connectivity index (χ1v) is 9.93. The van der Waals surface area contributed by atoms with Crippen LogP contribution in [0.3, 0.4) is 0 Å². The van der Waals surface area contributed by atoms with Gasteiger partial charge in [0, 0.05) is 12.5 Å². The Hall–Kier alpha value is -2.37. The predicted molar refractivity (Wildman–Crippen MR) is 109 cm³/mol. The van der Waals surface area contributed by atoms with E-state index in [2.05, 4.69) is 28.8 Å². The van der Waals surface area contributed by atoms with Crippen molar-refractivity contribution in [1.29, 1.82) is 0 Å². The van der Waals surface area contributed by atoms with E-state index in [1.807, 2.05) is 30.3 Å². The van der Waals surface area contributed by atoms with Crippen LogP contribution >= 0.6 is 0 Å². The highest BCUT2D eigenvalue weighted by Gasteiger charge is 2.53. The zero-order valence-corrected chi connectivity index (χ0v) is 16.5. The largest absolute Gasteiger partial charge is 0.497 e. The Morgan fingerprint density at radius 3 is 2.50 bits per heavy atom. The lowest BCUT2D eigenvalue weighted by Crippen LogP contribution is -2.49. The summed E-state index contributed by atoms with van der Waals surface area (Å²) in [7, 11) is 3.41. The number of hydrogen-bond donors (Lipinski definition) is 2. The van der Waals surface area contributed by atoms with Crippen molar-refractivity contribution in [3.05, 3.63) is 65.2 Å². The molecule has 5 heteroatoms. The van der Waals surface area contributed by atoms with Gasteiger partial charge in [-0.1, -0.05) is 36.4 Å². The second kappa shape index (κ2) is 7.94. The van der Waals surface area contributed by atoms with Gasteiger partial charge in [-0.2, -0.15) is 0 Å². The first-order chi connectivity index (χ1) is 13.7. The smallest absolute Gasteiger partial charge is 0.224 e. The van der Waals surface area contributed by atoms with E-state index in [1.54, 1.807) is 14.2 Å². The van der Waals surface area contributed by atoms with Crippen LogP contribution in [-0.2, 0) is 21.4 Å². The second-order valence-electron chi connectivity index (χ2n) is 7.72. The Morgan fingerprint density at radius 1 is 1.11 bits per heavy atom. The maximum absolute atomic E-state index is 12.9. The molecule has 1 heterocycles. The number of rotatable bonds is 5. The Bertz CT molecular complexity index is 828. The van der Waals surface area contributed by atoms with Crippen molar-refractivity contribution in [3.8, 4) is 5.75 Å². The molecule has 2 aliphatic rings. The highest BCUT2D eigenvalue weighted by atomic mass is 16.5. The summed E-state index contributed by atoms with van der Waals surface area (Å²) in [5, 5.41) is 6.72. The maximum atomic E-state index is 12.9. The van der Waals surface area contributed by atoms with E-state index in [0.29, 0.717) is 6.42 Å². The first kappa shape index (κ1) is 19.0. The monoisotopic (exact) mass is 380 g/mol. The number of nitrogens with one attached hydrogen (secondary N) is 2. The molecule has 1 amide bonds. The molecule has 4 rings (SSSR count). The van der Waals surface area contributed by atoms with Gasteiger partial charge in [0.1, 0.15) is 5.75 Å². The van der Waals surface area contributed by atoms with Gasteiger partial charge >= 0.3 is 0 Å². The standard InChI is InChI=1S/C23H28N2O3/c1-27-17-9-7-16(8-10-17)15-20(26)25-21-18-5-3-4-6-19(18)23(22(21)28-2)11-13-24-14-12-23/h3-10,21-22,24H,11-15H2,1-2H3,(H,25,26)/t21-,22+/m1/s1. The number of carbonyl (C=O) groups is 1. The van der Waals surface area contributed by atoms with Gasteiger partial charge in [-0.3, -0.25) is 4.79 Å². The van der Waals surface area contributed by atoms with Gasteiger partial charge in [0.2, 0.25) is 5.91 Å². The third-order valence-electron chi connectivity index (χ3n) is 6.27. The first-order valence-electron chi connectivity index (χ1n) is 9.93. The Morgan fingerprint density at radius 2 is 1.82 bits per heavy atom. The molecule has 1 aliphatic carbocycles. The average Bonchev–Trinajstić information content (AvgIpc) is 2.98. The minimum absolute atomic E-state index is 0.0120. The molecule has 2 N–H and O–H groups in total. The maximum Gasteiger partial charge on any atom is 0.224 e. The quantitative estimate of drug-likeness (QED) is 0.837. The summed E-state index contributed by atoms with van der Waals surface area (Å²) in [4.78, 5) is 12.9. The topological polar surface area (TPSA) is 59.6 Å². The molecule has 0 aromatic heterocycles. The molecule has 1 saturated heterocycles. The van der Waals surface area contributed by atoms with Gasteiger partial charge in [0.15, 0.2) is 0 Å². The fourth-order valence-electron chi connectivity index (χ4n) is 4.95. The van der Waals surface area contributed by atoms with E-state index < -0.39 is 0 Å². The molecule has 0 saturated carbocycles. The summed E-state index contributed by atoms with van der Waals surface area (Å²) in [6, 6.07) is 16.0. The van der Waals surface area contributed by atoms with Crippen LogP contribution in [0.15, 0.2) is 48.5 Å². The molecule has 0 radical (unpaired) electrons. The molecular weight excluding hydrogens is 352 g/mol. The lowest BCUT2D eigenvalue weighted by atomic mass is 9.72. The normalized spacial score (nSPS) is 22.6. The number of amides is 1. The minimum Gasteiger partial charge on any atom is -0.497 e. The van der Waals surface area contributed by atoms with Gasteiger partial charge < -0.3 is 20.1 Å². The van der Waals surface area contributed by atoms with Crippen molar-refractivity contribution in [2.75, 3.05) is 27.3 Å². The van der Waals surface area contributed by atoms with Gasteiger partial charge in [0.05, 0.1) is 25.7 Å². The molecule has 28 heavy (non-hydrogen) atoms. The molecule has 2 atom stereocenters. The Kier molecular flexibility index (Phi) is 5.38. The lowest BCUT2D eigenvalue weighted by molar-refractivity contribution is -0.122. The fourth-order valence-corrected chi connectivity index (χ4v) is 4.95. The van der Waals surface area contributed by atoms with E-state index >= 15 is 0 Å². The highest BCUT2D eigenvalue weighted by molar-refractivity contribution is 5.79. The molecule has 5 nitrogen and oxygen atoms in total. The molecule has 148 valence electrons. The van der Waals surface area contributed by atoms with Crippen LogP contribution in [0.5, 0.6) is 5.75 Å². The van der Waals surface area contributed by atoms with Crippen LogP contribution in [-0.4, -0.2) is 39.3 Å². The number of carbonyl (C=O) groups excluding carboxylic acids is 1. The third kappa shape index (κ3) is 3.29. The van der Waals surface area contributed by atoms with Crippen molar-refractivity contribution in [2.24, 2.45) is 0 Å². The van der Waals surface area contributed by atoms with E-state index in [1.165, 1.54) is 11.1 Å². The zero-order valence-electron chi connectivity index (χ0n) is 16.5.